The fourth-order valence-electron chi connectivity index (χ4n) is 3.17. The van der Waals surface area contributed by atoms with E-state index in [4.69, 9.17) is 25.8 Å². The Labute approximate surface area is 159 Å². The first-order valence-corrected chi connectivity index (χ1v) is 8.99. The lowest BCUT2D eigenvalue weighted by molar-refractivity contribution is 0.0637. The van der Waals surface area contributed by atoms with Crippen LogP contribution in [0, 0.1) is 0 Å². The summed E-state index contributed by atoms with van der Waals surface area (Å²) in [6, 6.07) is 11.2. The minimum absolute atomic E-state index is 0.247. The van der Waals surface area contributed by atoms with Crippen LogP contribution in [-0.4, -0.2) is 50.0 Å². The number of aliphatic hydroxyl groups is 1. The zero-order valence-electron chi connectivity index (χ0n) is 15.1. The lowest BCUT2D eigenvalue weighted by Gasteiger charge is -2.31. The van der Waals surface area contributed by atoms with Crippen LogP contribution >= 0.6 is 11.6 Å². The molecule has 140 valence electrons. The number of aliphatic hydroxyl groups excluding tert-OH is 1. The van der Waals surface area contributed by atoms with Gasteiger partial charge in [-0.05, 0) is 53.9 Å². The molecule has 1 N–H and O–H groups in total. The van der Waals surface area contributed by atoms with Gasteiger partial charge in [0.25, 0.3) is 0 Å². The molecule has 2 aromatic carbocycles. The van der Waals surface area contributed by atoms with Gasteiger partial charge in [0.2, 0.25) is 0 Å². The molecule has 5 nitrogen and oxygen atoms in total. The zero-order chi connectivity index (χ0) is 18.5. The van der Waals surface area contributed by atoms with Crippen molar-refractivity contribution < 1.29 is 19.3 Å². The molecule has 3 rings (SSSR count). The molecule has 1 aliphatic rings. The van der Waals surface area contributed by atoms with Crippen LogP contribution in [0.1, 0.15) is 11.1 Å². The summed E-state index contributed by atoms with van der Waals surface area (Å²) >= 11 is 5.86. The molecule has 2 aromatic rings. The van der Waals surface area contributed by atoms with Crippen LogP contribution in [-0.2, 0) is 13.0 Å². The predicted octanol–water partition coefficient (Wildman–Crippen LogP) is 3.16. The largest absolute Gasteiger partial charge is 0.493 e. The number of nitrogens with zero attached hydrogens (tertiary/aromatic N) is 1. The summed E-state index contributed by atoms with van der Waals surface area (Å²) in [7, 11) is 3.29. The smallest absolute Gasteiger partial charge is 0.161 e. The Balaban J connectivity index is 1.55. The Bertz CT molecular complexity index is 735. The summed E-state index contributed by atoms with van der Waals surface area (Å²) in [5, 5.41) is 11.0. The molecular formula is C20H24ClNO4. The van der Waals surface area contributed by atoms with E-state index in [1.165, 1.54) is 11.1 Å². The molecule has 0 aromatic heterocycles. The van der Waals surface area contributed by atoms with Crippen molar-refractivity contribution in [3.05, 3.63) is 52.5 Å². The number of methoxy groups -OCH3 is 2. The molecule has 0 aliphatic carbocycles. The number of hydrogen-bond donors (Lipinski definition) is 1. The summed E-state index contributed by atoms with van der Waals surface area (Å²) in [6.07, 6.45) is 0.354. The van der Waals surface area contributed by atoms with Gasteiger partial charge in [-0.1, -0.05) is 11.6 Å². The quantitative estimate of drug-likeness (QED) is 0.803. The van der Waals surface area contributed by atoms with Gasteiger partial charge in [-0.2, -0.15) is 0 Å². The molecule has 0 saturated carbocycles. The van der Waals surface area contributed by atoms with Crippen LogP contribution in [0.2, 0.25) is 5.02 Å². The van der Waals surface area contributed by atoms with Crippen LogP contribution in [0.3, 0.4) is 0 Å². The number of β-amino-alcohol motifs (C(OH)–C–C–N with tert-alkyl or cyclic N) is 1. The van der Waals surface area contributed by atoms with E-state index in [0.717, 1.165) is 31.0 Å². The second-order valence-electron chi connectivity index (χ2n) is 6.38. The van der Waals surface area contributed by atoms with Gasteiger partial charge in [0.05, 0.1) is 14.2 Å². The minimum Gasteiger partial charge on any atom is -0.493 e. The number of hydrogen-bond acceptors (Lipinski definition) is 5. The summed E-state index contributed by atoms with van der Waals surface area (Å²) in [6.45, 7) is 2.46. The van der Waals surface area contributed by atoms with Crippen molar-refractivity contribution in [3.63, 3.8) is 0 Å². The third kappa shape index (κ3) is 4.61. The number of halogens is 1. The maximum absolute atomic E-state index is 10.3. The highest BCUT2D eigenvalue weighted by atomic mass is 35.5. The summed E-state index contributed by atoms with van der Waals surface area (Å²) in [4.78, 5) is 2.23. The van der Waals surface area contributed by atoms with Crippen molar-refractivity contribution >= 4 is 11.6 Å². The Kier molecular flexibility index (Phi) is 6.25. The normalized spacial score (nSPS) is 15.2. The average molecular weight is 378 g/mol. The van der Waals surface area contributed by atoms with Gasteiger partial charge in [-0.3, -0.25) is 4.90 Å². The van der Waals surface area contributed by atoms with Crippen LogP contribution in [0.15, 0.2) is 36.4 Å². The highest BCUT2D eigenvalue weighted by molar-refractivity contribution is 6.30. The van der Waals surface area contributed by atoms with E-state index in [9.17, 15) is 5.11 Å². The number of rotatable bonds is 7. The third-order valence-corrected chi connectivity index (χ3v) is 4.77. The van der Waals surface area contributed by atoms with E-state index in [-0.39, 0.29) is 6.61 Å². The van der Waals surface area contributed by atoms with Gasteiger partial charge in [0.15, 0.2) is 11.5 Å². The molecule has 1 aliphatic heterocycles. The molecule has 0 fully saturated rings. The number of ether oxygens (including phenoxy) is 3. The maximum Gasteiger partial charge on any atom is 0.161 e. The van der Waals surface area contributed by atoms with Gasteiger partial charge in [0, 0.05) is 24.7 Å². The van der Waals surface area contributed by atoms with Crippen LogP contribution < -0.4 is 14.2 Å². The summed E-state index contributed by atoms with van der Waals surface area (Å²) < 4.78 is 16.4. The maximum atomic E-state index is 10.3. The minimum atomic E-state index is -0.563. The first-order chi connectivity index (χ1) is 12.6. The molecule has 0 spiro atoms. The summed E-state index contributed by atoms with van der Waals surface area (Å²) in [5.41, 5.74) is 2.48. The fourth-order valence-corrected chi connectivity index (χ4v) is 3.30. The van der Waals surface area contributed by atoms with E-state index in [1.807, 2.05) is 12.1 Å². The molecule has 6 heteroatoms. The first kappa shape index (κ1) is 18.8. The van der Waals surface area contributed by atoms with E-state index in [2.05, 4.69) is 4.90 Å². The Morgan fingerprint density at radius 2 is 1.73 bits per heavy atom. The third-order valence-electron chi connectivity index (χ3n) is 4.52. The van der Waals surface area contributed by atoms with Crippen molar-refractivity contribution in [3.8, 4) is 17.2 Å². The number of fused-ring (bicyclic) bond motifs is 1. The molecule has 26 heavy (non-hydrogen) atoms. The SMILES string of the molecule is COc1cc2c(cc1OC)CN(CC(O)COc1ccc(Cl)cc1)CC2. The molecule has 1 unspecified atom stereocenters. The van der Waals surface area contributed by atoms with Crippen molar-refractivity contribution in [2.24, 2.45) is 0 Å². The van der Waals surface area contributed by atoms with Crippen LogP contribution in [0.25, 0.3) is 0 Å². The van der Waals surface area contributed by atoms with Crippen LogP contribution in [0.5, 0.6) is 17.2 Å². The molecule has 0 radical (unpaired) electrons. The van der Waals surface area contributed by atoms with Crippen molar-refractivity contribution in [1.29, 1.82) is 0 Å². The van der Waals surface area contributed by atoms with Gasteiger partial charge in [-0.25, -0.2) is 0 Å². The van der Waals surface area contributed by atoms with E-state index in [1.54, 1.807) is 38.5 Å². The highest BCUT2D eigenvalue weighted by Crippen LogP contribution is 2.33. The van der Waals surface area contributed by atoms with E-state index < -0.39 is 6.10 Å². The highest BCUT2D eigenvalue weighted by Gasteiger charge is 2.21. The van der Waals surface area contributed by atoms with Crippen molar-refractivity contribution in [2.75, 3.05) is 33.9 Å². The predicted molar refractivity (Wildman–Crippen MR) is 101 cm³/mol. The van der Waals surface area contributed by atoms with Gasteiger partial charge in [0.1, 0.15) is 18.5 Å². The average Bonchev–Trinajstić information content (AvgIpc) is 2.66. The van der Waals surface area contributed by atoms with Gasteiger partial charge in [-0.15, -0.1) is 0 Å². The van der Waals surface area contributed by atoms with Crippen LogP contribution in [0.4, 0.5) is 0 Å². The topological polar surface area (TPSA) is 51.2 Å². The second-order valence-corrected chi connectivity index (χ2v) is 6.82. The molecule has 0 amide bonds. The van der Waals surface area contributed by atoms with E-state index in [0.29, 0.717) is 17.3 Å². The molecule has 0 bridgehead atoms. The monoisotopic (exact) mass is 377 g/mol. The molecule has 0 saturated heterocycles. The Hall–Kier alpha value is -1.95. The lowest BCUT2D eigenvalue weighted by atomic mass is 9.98. The molecule has 1 heterocycles. The molecular weight excluding hydrogens is 354 g/mol. The zero-order valence-corrected chi connectivity index (χ0v) is 15.8. The lowest BCUT2D eigenvalue weighted by Crippen LogP contribution is -2.38. The van der Waals surface area contributed by atoms with Crippen molar-refractivity contribution in [1.82, 2.24) is 4.90 Å². The fraction of sp³-hybridized carbons (Fsp3) is 0.400. The number of benzene rings is 2. The van der Waals surface area contributed by atoms with E-state index >= 15 is 0 Å². The van der Waals surface area contributed by atoms with Gasteiger partial charge < -0.3 is 19.3 Å². The van der Waals surface area contributed by atoms with Gasteiger partial charge >= 0.3 is 0 Å². The first-order valence-electron chi connectivity index (χ1n) is 8.61. The standard InChI is InChI=1S/C20H24ClNO4/c1-24-19-9-14-7-8-22(11-15(14)10-20(19)25-2)12-17(23)13-26-18-5-3-16(21)4-6-18/h3-6,9-10,17,23H,7-8,11-13H2,1-2H3. The van der Waals surface area contributed by atoms with Crippen molar-refractivity contribution in [2.45, 2.75) is 19.1 Å². The Morgan fingerprint density at radius 3 is 2.38 bits per heavy atom. The summed E-state index contributed by atoms with van der Waals surface area (Å²) in [5.74, 6) is 2.20. The molecule has 1 atom stereocenters. The second kappa shape index (κ2) is 8.62. The Morgan fingerprint density at radius 1 is 1.08 bits per heavy atom.